The first kappa shape index (κ1) is 52.4. The van der Waals surface area contributed by atoms with E-state index in [4.69, 9.17) is 23.7 Å². The van der Waals surface area contributed by atoms with E-state index in [-0.39, 0.29) is 17.8 Å². The van der Waals surface area contributed by atoms with Crippen LogP contribution >= 0.6 is 0 Å². The van der Waals surface area contributed by atoms with Crippen LogP contribution in [-0.2, 0) is 76.5 Å². The highest BCUT2D eigenvalue weighted by Gasteiger charge is 2.39. The maximum atomic E-state index is 12.6. The SMILES string of the molecule is C=C(C)C(=O)OCCCc1cc(-c2ccc(CCc3ccc(C4CCC(CCCCC)CC4)cc3)cc2)ccc1OCC(COC(=O)C(=C)C)(COC(=O)C(=O)OC)COC(=O)C(=O)OC. The minimum absolute atomic E-state index is 0.0476. The topological polar surface area (TPSA) is 167 Å². The second kappa shape index (κ2) is 26.7. The fourth-order valence-electron chi connectivity index (χ4n) is 7.77. The van der Waals surface area contributed by atoms with Gasteiger partial charge < -0.3 is 33.2 Å². The lowest BCUT2D eigenvalue weighted by Gasteiger charge is -2.32. The van der Waals surface area contributed by atoms with Crippen LogP contribution in [0.3, 0.4) is 0 Å². The highest BCUT2D eigenvalue weighted by molar-refractivity contribution is 6.30. The number of esters is 6. The van der Waals surface area contributed by atoms with Gasteiger partial charge >= 0.3 is 35.8 Å². The van der Waals surface area contributed by atoms with Crippen LogP contribution in [0.5, 0.6) is 5.75 Å². The van der Waals surface area contributed by atoms with E-state index in [0.717, 1.165) is 44.1 Å². The van der Waals surface area contributed by atoms with Crippen LogP contribution in [0, 0.1) is 11.3 Å². The molecule has 0 aliphatic heterocycles. The second-order valence-corrected chi connectivity index (χ2v) is 17.3. The van der Waals surface area contributed by atoms with Crippen molar-refractivity contribution in [2.75, 3.05) is 47.3 Å². The summed E-state index contributed by atoms with van der Waals surface area (Å²) >= 11 is 0. The Morgan fingerprint density at radius 2 is 1.09 bits per heavy atom. The van der Waals surface area contributed by atoms with E-state index >= 15 is 0 Å². The van der Waals surface area contributed by atoms with Gasteiger partial charge in [-0.05, 0) is 123 Å². The Bertz CT molecular complexity index is 2100. The summed E-state index contributed by atoms with van der Waals surface area (Å²) in [5, 5.41) is 0. The lowest BCUT2D eigenvalue weighted by atomic mass is 9.77. The summed E-state index contributed by atoms with van der Waals surface area (Å²) in [4.78, 5) is 73.4. The lowest BCUT2D eigenvalue weighted by molar-refractivity contribution is -0.177. The van der Waals surface area contributed by atoms with Crippen molar-refractivity contribution in [2.45, 2.75) is 104 Å². The molecule has 13 heteroatoms. The molecule has 66 heavy (non-hydrogen) atoms. The molecule has 1 fully saturated rings. The molecule has 4 rings (SSSR count). The van der Waals surface area contributed by atoms with Crippen LogP contribution < -0.4 is 4.74 Å². The predicted molar refractivity (Wildman–Crippen MR) is 248 cm³/mol. The summed E-state index contributed by atoms with van der Waals surface area (Å²) < 4.78 is 36.5. The highest BCUT2D eigenvalue weighted by Crippen LogP contribution is 2.38. The van der Waals surface area contributed by atoms with Crippen molar-refractivity contribution in [3.8, 4) is 16.9 Å². The number of aryl methyl sites for hydroxylation is 3. The van der Waals surface area contributed by atoms with E-state index in [1.165, 1.54) is 75.0 Å². The molecule has 1 aliphatic carbocycles. The lowest BCUT2D eigenvalue weighted by Crippen LogP contribution is -2.45. The van der Waals surface area contributed by atoms with Crippen molar-refractivity contribution in [2.24, 2.45) is 11.3 Å². The van der Waals surface area contributed by atoms with Crippen LogP contribution in [0.4, 0.5) is 0 Å². The smallest absolute Gasteiger partial charge is 0.417 e. The Hall–Kier alpha value is -6.24. The van der Waals surface area contributed by atoms with Gasteiger partial charge in [0, 0.05) is 11.1 Å². The second-order valence-electron chi connectivity index (χ2n) is 17.3. The Labute approximate surface area is 389 Å². The van der Waals surface area contributed by atoms with Crippen molar-refractivity contribution in [3.63, 3.8) is 0 Å². The number of unbranched alkanes of at least 4 members (excludes halogenated alkanes) is 2. The van der Waals surface area contributed by atoms with Gasteiger partial charge in [-0.15, -0.1) is 0 Å². The third-order valence-corrected chi connectivity index (χ3v) is 11.9. The largest absolute Gasteiger partial charge is 0.492 e. The number of carbonyl (C=O) groups is 6. The number of hydrogen-bond acceptors (Lipinski definition) is 13. The molecule has 3 aromatic rings. The van der Waals surface area contributed by atoms with Crippen LogP contribution in [-0.4, -0.2) is 83.1 Å². The Kier molecular flexibility index (Phi) is 21.2. The molecule has 0 N–H and O–H groups in total. The Morgan fingerprint density at radius 1 is 0.576 bits per heavy atom. The van der Waals surface area contributed by atoms with Crippen molar-refractivity contribution >= 4 is 35.8 Å². The van der Waals surface area contributed by atoms with Gasteiger partial charge in [-0.2, -0.15) is 0 Å². The molecule has 1 saturated carbocycles. The highest BCUT2D eigenvalue weighted by atomic mass is 16.6. The molecule has 0 aromatic heterocycles. The van der Waals surface area contributed by atoms with Crippen molar-refractivity contribution < 1.29 is 61.9 Å². The molecule has 3 aromatic carbocycles. The van der Waals surface area contributed by atoms with E-state index in [2.05, 4.69) is 78.1 Å². The van der Waals surface area contributed by atoms with Gasteiger partial charge in [0.1, 0.15) is 37.6 Å². The van der Waals surface area contributed by atoms with E-state index in [1.54, 1.807) is 13.0 Å². The molecule has 0 atom stereocenters. The molecule has 0 amide bonds. The summed E-state index contributed by atoms with van der Waals surface area (Å²) in [7, 11) is 1.98. The van der Waals surface area contributed by atoms with E-state index in [1.807, 2.05) is 12.1 Å². The van der Waals surface area contributed by atoms with Crippen LogP contribution in [0.1, 0.15) is 107 Å². The number of hydrogen-bond donors (Lipinski definition) is 0. The zero-order valence-corrected chi connectivity index (χ0v) is 39.2. The standard InChI is InChI=1S/C53H66O13/c1-8-9-10-12-38-16-22-41(23-17-38)42-24-18-39(19-25-42)14-15-40-20-26-43(27-21-40)44-28-29-46(45(31-44)13-11-30-62-47(54)36(2)3)63-32-53(33-64-48(55)37(4)5,34-65-51(58)49(56)60-6)35-66-52(59)50(57)61-7/h18-21,24-29,31,38,41H,2,4,8-17,22-23,30,32-35H2,1,3,5-7H3. The van der Waals surface area contributed by atoms with Gasteiger partial charge in [0.25, 0.3) is 0 Å². The normalized spacial score (nSPS) is 14.6. The number of methoxy groups -OCH3 is 2. The van der Waals surface area contributed by atoms with Gasteiger partial charge in [-0.3, -0.25) is 0 Å². The van der Waals surface area contributed by atoms with E-state index in [9.17, 15) is 28.8 Å². The summed E-state index contributed by atoms with van der Waals surface area (Å²) in [6.45, 7) is 10.2. The Balaban J connectivity index is 1.52. The average molecular weight is 911 g/mol. The number of ether oxygens (including phenoxy) is 7. The monoisotopic (exact) mass is 910 g/mol. The number of benzene rings is 3. The summed E-state index contributed by atoms with van der Waals surface area (Å²) in [6.07, 6.45) is 13.2. The van der Waals surface area contributed by atoms with Crippen LogP contribution in [0.15, 0.2) is 91.0 Å². The molecule has 356 valence electrons. The third kappa shape index (κ3) is 16.6. The average Bonchev–Trinajstić information content (AvgIpc) is 3.33. The number of carbonyl (C=O) groups excluding carboxylic acids is 6. The summed E-state index contributed by atoms with van der Waals surface area (Å²) in [5.74, 6) is -4.77. The first-order chi connectivity index (χ1) is 31.7. The molecule has 0 spiro atoms. The first-order valence-corrected chi connectivity index (χ1v) is 22.8. The van der Waals surface area contributed by atoms with Gasteiger partial charge in [0.15, 0.2) is 0 Å². The van der Waals surface area contributed by atoms with Crippen LogP contribution in [0.2, 0.25) is 0 Å². The molecule has 0 heterocycles. The molecule has 0 saturated heterocycles. The quantitative estimate of drug-likeness (QED) is 0.0275. The number of rotatable bonds is 24. The van der Waals surface area contributed by atoms with Gasteiger partial charge in [-0.25, -0.2) is 28.8 Å². The van der Waals surface area contributed by atoms with E-state index < -0.39 is 67.7 Å². The molecule has 13 nitrogen and oxygen atoms in total. The molecular formula is C53H66O13. The van der Waals surface area contributed by atoms with Gasteiger partial charge in [-0.1, -0.05) is 100 Å². The fourth-order valence-corrected chi connectivity index (χ4v) is 7.77. The maximum Gasteiger partial charge on any atom is 0.417 e. The zero-order chi connectivity index (χ0) is 48.1. The molecule has 0 bridgehead atoms. The van der Waals surface area contributed by atoms with Crippen molar-refractivity contribution in [1.29, 1.82) is 0 Å². The predicted octanol–water partition coefficient (Wildman–Crippen LogP) is 8.96. The molecule has 1 aliphatic rings. The van der Waals surface area contributed by atoms with E-state index in [0.29, 0.717) is 30.1 Å². The molecule has 0 unspecified atom stereocenters. The molecular weight excluding hydrogens is 845 g/mol. The van der Waals surface area contributed by atoms with Crippen molar-refractivity contribution in [1.82, 2.24) is 0 Å². The first-order valence-electron chi connectivity index (χ1n) is 22.8. The van der Waals surface area contributed by atoms with Gasteiger partial charge in [0.2, 0.25) is 0 Å². The Morgan fingerprint density at radius 3 is 1.62 bits per heavy atom. The van der Waals surface area contributed by atoms with Gasteiger partial charge in [0.05, 0.1) is 20.8 Å². The minimum atomic E-state index is -1.67. The van der Waals surface area contributed by atoms with Crippen LogP contribution in [0.25, 0.3) is 11.1 Å². The zero-order valence-electron chi connectivity index (χ0n) is 39.2. The maximum absolute atomic E-state index is 12.6. The fraction of sp³-hybridized carbons (Fsp3) is 0.472. The summed E-state index contributed by atoms with van der Waals surface area (Å²) in [6, 6.07) is 23.2. The third-order valence-electron chi connectivity index (χ3n) is 11.9. The van der Waals surface area contributed by atoms with Crippen molar-refractivity contribution in [3.05, 3.63) is 113 Å². The molecule has 0 radical (unpaired) electrons. The minimum Gasteiger partial charge on any atom is -0.492 e. The summed E-state index contributed by atoms with van der Waals surface area (Å²) in [5.41, 5.74) is 5.17.